The predicted molar refractivity (Wildman–Crippen MR) is 125 cm³/mol. The fourth-order valence-corrected chi connectivity index (χ4v) is 6.86. The fraction of sp³-hybridized carbons (Fsp3) is 0.300. The van der Waals surface area contributed by atoms with Crippen LogP contribution in [0.4, 0.5) is 10.3 Å². The Labute approximate surface area is 188 Å². The van der Waals surface area contributed by atoms with E-state index in [2.05, 4.69) is 20.2 Å². The van der Waals surface area contributed by atoms with Crippen LogP contribution in [0.5, 0.6) is 5.75 Å². The molecular weight excluding hydrogens is 454 g/mol. The van der Waals surface area contributed by atoms with Gasteiger partial charge in [-0.1, -0.05) is 22.7 Å². The summed E-state index contributed by atoms with van der Waals surface area (Å²) in [7, 11) is 0.136. The van der Waals surface area contributed by atoms with Crippen molar-refractivity contribution in [3.05, 3.63) is 36.4 Å². The van der Waals surface area contributed by atoms with Crippen LogP contribution in [0.2, 0.25) is 0 Å². The van der Waals surface area contributed by atoms with Crippen LogP contribution < -0.4 is 10.1 Å². The number of rotatable bonds is 5. The molecule has 1 fully saturated rings. The van der Waals surface area contributed by atoms with Crippen molar-refractivity contribution in [3.8, 4) is 5.75 Å². The van der Waals surface area contributed by atoms with Gasteiger partial charge in [-0.2, -0.15) is 4.31 Å². The first-order chi connectivity index (χ1) is 14.9. The Hall–Kier alpha value is -2.31. The number of fused-ring (bicyclic) bond motifs is 2. The lowest BCUT2D eigenvalue weighted by molar-refractivity contribution is 0.222. The molecule has 0 amide bonds. The molecule has 8 nitrogen and oxygen atoms in total. The van der Waals surface area contributed by atoms with Crippen LogP contribution in [0.3, 0.4) is 0 Å². The van der Waals surface area contributed by atoms with Gasteiger partial charge in [0.25, 0.3) is 0 Å². The van der Waals surface area contributed by atoms with Crippen molar-refractivity contribution in [2.75, 3.05) is 45.7 Å². The summed E-state index contributed by atoms with van der Waals surface area (Å²) in [6, 6.07) is 10.9. The Bertz CT molecular complexity index is 1360. The average molecular weight is 476 g/mol. The molecule has 0 bridgehead atoms. The summed E-state index contributed by atoms with van der Waals surface area (Å²) >= 11 is 2.93. The van der Waals surface area contributed by atoms with Crippen molar-refractivity contribution in [2.24, 2.45) is 0 Å². The number of methoxy groups -OCH3 is 1. The lowest BCUT2D eigenvalue weighted by Gasteiger charge is -2.31. The van der Waals surface area contributed by atoms with Gasteiger partial charge in [-0.15, -0.1) is 0 Å². The Morgan fingerprint density at radius 1 is 0.935 bits per heavy atom. The van der Waals surface area contributed by atoms with Crippen LogP contribution in [0.25, 0.3) is 20.4 Å². The van der Waals surface area contributed by atoms with Gasteiger partial charge in [-0.3, -0.25) is 0 Å². The monoisotopic (exact) mass is 475 g/mol. The van der Waals surface area contributed by atoms with Gasteiger partial charge in [0.1, 0.15) is 5.75 Å². The highest BCUT2D eigenvalue weighted by Crippen LogP contribution is 2.34. The molecule has 1 N–H and O–H groups in total. The third-order valence-electron chi connectivity index (χ3n) is 5.27. The van der Waals surface area contributed by atoms with Crippen molar-refractivity contribution >= 4 is 63.4 Å². The second-order valence-corrected chi connectivity index (χ2v) is 11.3. The first-order valence-electron chi connectivity index (χ1n) is 9.73. The Kier molecular flexibility index (Phi) is 5.30. The van der Waals surface area contributed by atoms with E-state index in [0.717, 1.165) is 44.4 Å². The predicted octanol–water partition coefficient (Wildman–Crippen LogP) is 3.59. The van der Waals surface area contributed by atoms with Crippen molar-refractivity contribution in [3.63, 3.8) is 0 Å². The number of likely N-dealkylation sites (N-methyl/N-ethyl adjacent to an activating group) is 1. The Morgan fingerprint density at radius 2 is 1.55 bits per heavy atom. The molecule has 0 radical (unpaired) electrons. The lowest BCUT2D eigenvalue weighted by atomic mass is 10.3. The number of sulfonamides is 1. The molecule has 0 spiro atoms. The third-order valence-corrected chi connectivity index (χ3v) is 9.03. The highest BCUT2D eigenvalue weighted by atomic mass is 32.2. The summed E-state index contributed by atoms with van der Waals surface area (Å²) in [4.78, 5) is 11.6. The van der Waals surface area contributed by atoms with Crippen LogP contribution in [0.1, 0.15) is 0 Å². The van der Waals surface area contributed by atoms with Gasteiger partial charge >= 0.3 is 0 Å². The molecule has 1 aliphatic rings. The average Bonchev–Trinajstić information content (AvgIpc) is 3.35. The number of benzene rings is 2. The molecule has 4 aromatic rings. The zero-order valence-corrected chi connectivity index (χ0v) is 19.5. The number of anilines is 2. The molecule has 0 saturated carbocycles. The van der Waals surface area contributed by atoms with Gasteiger partial charge < -0.3 is 15.0 Å². The minimum absolute atomic E-state index is 0.312. The maximum atomic E-state index is 13.0. The molecule has 162 valence electrons. The second-order valence-electron chi connectivity index (χ2n) is 7.33. The normalized spacial score (nSPS) is 16.2. The van der Waals surface area contributed by atoms with Gasteiger partial charge in [-0.25, -0.2) is 18.4 Å². The molecule has 1 saturated heterocycles. The van der Waals surface area contributed by atoms with E-state index >= 15 is 0 Å². The second kappa shape index (κ2) is 7.99. The number of hydrogen-bond donors (Lipinski definition) is 1. The van der Waals surface area contributed by atoms with Crippen LogP contribution in [0.15, 0.2) is 41.3 Å². The van der Waals surface area contributed by atoms with Gasteiger partial charge in [0.05, 0.1) is 32.4 Å². The van der Waals surface area contributed by atoms with Crippen molar-refractivity contribution in [2.45, 2.75) is 4.90 Å². The van der Waals surface area contributed by atoms with Gasteiger partial charge in [-0.05, 0) is 43.4 Å². The van der Waals surface area contributed by atoms with Crippen LogP contribution in [-0.2, 0) is 10.0 Å². The maximum Gasteiger partial charge on any atom is 0.243 e. The number of hydrogen-bond acceptors (Lipinski definition) is 9. The van der Waals surface area contributed by atoms with Crippen molar-refractivity contribution in [1.29, 1.82) is 0 Å². The van der Waals surface area contributed by atoms with E-state index in [1.165, 1.54) is 22.7 Å². The molecule has 2 aromatic carbocycles. The minimum atomic E-state index is -3.51. The smallest absolute Gasteiger partial charge is 0.243 e. The molecule has 1 aliphatic heterocycles. The van der Waals surface area contributed by atoms with E-state index in [1.807, 2.05) is 25.2 Å². The quantitative estimate of drug-likeness (QED) is 0.472. The summed E-state index contributed by atoms with van der Waals surface area (Å²) in [6.45, 7) is 2.50. The molecule has 2 aromatic heterocycles. The topological polar surface area (TPSA) is 87.7 Å². The van der Waals surface area contributed by atoms with Crippen molar-refractivity contribution < 1.29 is 13.2 Å². The fourth-order valence-electron chi connectivity index (χ4n) is 3.47. The highest BCUT2D eigenvalue weighted by Gasteiger charge is 2.27. The van der Waals surface area contributed by atoms with E-state index in [9.17, 15) is 8.42 Å². The first-order valence-corrected chi connectivity index (χ1v) is 12.8. The summed E-state index contributed by atoms with van der Waals surface area (Å²) in [5.74, 6) is 0.789. The number of aromatic nitrogens is 2. The van der Waals surface area contributed by atoms with Gasteiger partial charge in [0.2, 0.25) is 10.0 Å². The van der Waals surface area contributed by atoms with Crippen LogP contribution >= 0.6 is 22.7 Å². The van der Waals surface area contributed by atoms with E-state index in [1.54, 1.807) is 29.6 Å². The Morgan fingerprint density at radius 3 is 2.19 bits per heavy atom. The SMILES string of the molecule is COc1ccc2nc(Nc3nc4ccc(S(=O)(=O)N5CCN(C)CC5)cc4s3)sc2c1. The van der Waals surface area contributed by atoms with E-state index < -0.39 is 10.0 Å². The Balaban J connectivity index is 1.40. The summed E-state index contributed by atoms with van der Waals surface area (Å²) in [6.07, 6.45) is 0. The molecule has 0 unspecified atom stereocenters. The standard InChI is InChI=1S/C20H21N5O3S3/c1-24-7-9-25(10-8-24)31(26,27)14-4-6-16-18(12-14)30-20(22-16)23-19-21-15-5-3-13(28-2)11-17(15)29-19/h3-6,11-12H,7-10H2,1-2H3,(H,21,22,23). The van der Waals surface area contributed by atoms with Crippen molar-refractivity contribution in [1.82, 2.24) is 19.2 Å². The number of nitrogens with zero attached hydrogens (tertiary/aromatic N) is 4. The molecule has 3 heterocycles. The summed E-state index contributed by atoms with van der Waals surface area (Å²) in [5.41, 5.74) is 1.64. The van der Waals surface area contributed by atoms with Gasteiger partial charge in [0.15, 0.2) is 10.3 Å². The lowest BCUT2D eigenvalue weighted by Crippen LogP contribution is -2.46. The molecule has 11 heteroatoms. The molecule has 0 atom stereocenters. The maximum absolute atomic E-state index is 13.0. The van der Waals surface area contributed by atoms with Crippen LogP contribution in [0, 0.1) is 0 Å². The zero-order chi connectivity index (χ0) is 21.6. The molecule has 31 heavy (non-hydrogen) atoms. The van der Waals surface area contributed by atoms with E-state index in [0.29, 0.717) is 23.1 Å². The highest BCUT2D eigenvalue weighted by molar-refractivity contribution is 7.89. The molecule has 0 aliphatic carbocycles. The van der Waals surface area contributed by atoms with Gasteiger partial charge in [0, 0.05) is 26.2 Å². The number of ether oxygens (including phenoxy) is 1. The number of piperazine rings is 1. The largest absolute Gasteiger partial charge is 0.497 e. The molecular formula is C20H21N5O3S3. The van der Waals surface area contributed by atoms with Crippen LogP contribution in [-0.4, -0.2) is 67.9 Å². The first kappa shape index (κ1) is 20.6. The summed E-state index contributed by atoms with van der Waals surface area (Å²) < 4.78 is 34.8. The minimum Gasteiger partial charge on any atom is -0.497 e. The molecule has 5 rings (SSSR count). The number of thiazole rings is 2. The van der Waals surface area contributed by atoms with E-state index in [4.69, 9.17) is 4.74 Å². The van der Waals surface area contributed by atoms with E-state index in [-0.39, 0.29) is 0 Å². The zero-order valence-electron chi connectivity index (χ0n) is 17.0. The number of nitrogens with one attached hydrogen (secondary N) is 1. The summed E-state index contributed by atoms with van der Waals surface area (Å²) in [5, 5.41) is 4.66. The third kappa shape index (κ3) is 3.99.